The van der Waals surface area contributed by atoms with Gasteiger partial charge >= 0.3 is 0 Å². The zero-order valence-corrected chi connectivity index (χ0v) is 22.1. The highest BCUT2D eigenvalue weighted by Gasteiger charge is 2.32. The highest BCUT2D eigenvalue weighted by molar-refractivity contribution is 9.10. The number of carbonyl (C=O) groups is 1. The lowest BCUT2D eigenvalue weighted by Gasteiger charge is -2.30. The maximum Gasteiger partial charge on any atom is 0.265 e. The normalized spacial score (nSPS) is 17.2. The average Bonchev–Trinajstić information content (AvgIpc) is 3.17. The van der Waals surface area contributed by atoms with Crippen molar-refractivity contribution in [3.63, 3.8) is 0 Å². The summed E-state index contributed by atoms with van der Waals surface area (Å²) in [5.74, 6) is 0.374. The second-order valence-corrected chi connectivity index (χ2v) is 11.9. The minimum absolute atomic E-state index is 0.0523. The van der Waals surface area contributed by atoms with Gasteiger partial charge in [0.15, 0.2) is 6.61 Å². The molecule has 35 heavy (non-hydrogen) atoms. The van der Waals surface area contributed by atoms with Crippen molar-refractivity contribution in [1.82, 2.24) is 0 Å². The maximum atomic E-state index is 13.5. The largest absolute Gasteiger partial charge is 0.483 e. The molecule has 2 aliphatic heterocycles. The van der Waals surface area contributed by atoms with Gasteiger partial charge in [0.25, 0.3) is 15.9 Å². The molecule has 2 aliphatic rings. The van der Waals surface area contributed by atoms with Gasteiger partial charge in [-0.15, -0.1) is 0 Å². The Morgan fingerprint density at radius 1 is 1.06 bits per heavy atom. The molecule has 0 bridgehead atoms. The number of carbonyl (C=O) groups excluding carboxylic acids is 1. The number of aryl methyl sites for hydroxylation is 2. The minimum Gasteiger partial charge on any atom is -0.483 e. The molecule has 8 heteroatoms. The van der Waals surface area contributed by atoms with E-state index >= 15 is 0 Å². The lowest BCUT2D eigenvalue weighted by molar-refractivity contribution is -0.120. The van der Waals surface area contributed by atoms with Crippen LogP contribution in [0.4, 0.5) is 11.4 Å². The highest BCUT2D eigenvalue weighted by Crippen LogP contribution is 2.35. The highest BCUT2D eigenvalue weighted by atomic mass is 79.9. The number of rotatable bonds is 5. The number of fused-ring (bicyclic) bond motifs is 2. The monoisotopic (exact) mass is 554 g/mol. The molecule has 3 aromatic rings. The summed E-state index contributed by atoms with van der Waals surface area (Å²) in [7, 11) is -3.70. The van der Waals surface area contributed by atoms with Crippen LogP contribution in [0.15, 0.2) is 70.0 Å². The van der Waals surface area contributed by atoms with Crippen molar-refractivity contribution in [2.75, 3.05) is 22.4 Å². The smallest absolute Gasteiger partial charge is 0.265 e. The lowest BCUT2D eigenvalue weighted by atomic mass is 10.0. The van der Waals surface area contributed by atoms with Gasteiger partial charge in [-0.05, 0) is 92.3 Å². The number of nitrogens with zero attached hydrogens (tertiary/aromatic N) is 2. The molecule has 0 saturated heterocycles. The van der Waals surface area contributed by atoms with E-state index in [0.29, 0.717) is 17.9 Å². The molecule has 6 nitrogen and oxygen atoms in total. The molecule has 0 fully saturated rings. The molecular formula is C27H27BrN2O4S. The number of benzene rings is 3. The van der Waals surface area contributed by atoms with E-state index in [1.807, 2.05) is 49.4 Å². The topological polar surface area (TPSA) is 66.9 Å². The molecule has 3 aromatic carbocycles. The molecule has 0 unspecified atom stereocenters. The summed E-state index contributed by atoms with van der Waals surface area (Å²) in [6, 6.07) is 18.4. The molecular weight excluding hydrogens is 528 g/mol. The fourth-order valence-electron chi connectivity index (χ4n) is 5.01. The van der Waals surface area contributed by atoms with Gasteiger partial charge in [-0.1, -0.05) is 34.1 Å². The van der Waals surface area contributed by atoms with Crippen molar-refractivity contribution in [2.45, 2.75) is 44.0 Å². The molecule has 0 aromatic heterocycles. The van der Waals surface area contributed by atoms with Crippen molar-refractivity contribution in [3.8, 4) is 5.75 Å². The summed E-state index contributed by atoms with van der Waals surface area (Å²) in [5.41, 5.74) is 4.50. The Hall–Kier alpha value is -2.84. The van der Waals surface area contributed by atoms with E-state index < -0.39 is 10.0 Å². The van der Waals surface area contributed by atoms with E-state index in [2.05, 4.69) is 15.9 Å². The van der Waals surface area contributed by atoms with Gasteiger partial charge in [-0.2, -0.15) is 0 Å². The van der Waals surface area contributed by atoms with Crippen LogP contribution in [0, 0.1) is 6.92 Å². The number of amides is 1. The number of hydrogen-bond acceptors (Lipinski definition) is 4. The van der Waals surface area contributed by atoms with Crippen molar-refractivity contribution in [1.29, 1.82) is 0 Å². The molecule has 1 amide bonds. The lowest BCUT2D eigenvalue weighted by Crippen LogP contribution is -2.39. The van der Waals surface area contributed by atoms with E-state index in [1.54, 1.807) is 30.0 Å². The molecule has 5 rings (SSSR count). The van der Waals surface area contributed by atoms with Crippen LogP contribution in [-0.2, 0) is 27.7 Å². The van der Waals surface area contributed by atoms with Crippen molar-refractivity contribution in [2.24, 2.45) is 0 Å². The van der Waals surface area contributed by atoms with Gasteiger partial charge in [-0.25, -0.2) is 8.42 Å². The van der Waals surface area contributed by atoms with Crippen LogP contribution < -0.4 is 13.9 Å². The first-order valence-corrected chi connectivity index (χ1v) is 13.9. The molecule has 0 radical (unpaired) electrons. The van der Waals surface area contributed by atoms with Crippen LogP contribution >= 0.6 is 15.9 Å². The van der Waals surface area contributed by atoms with Gasteiger partial charge in [0.05, 0.1) is 10.6 Å². The van der Waals surface area contributed by atoms with Gasteiger partial charge in [0, 0.05) is 22.7 Å². The quantitative estimate of drug-likeness (QED) is 0.431. The van der Waals surface area contributed by atoms with Crippen molar-refractivity contribution in [3.05, 3.63) is 81.8 Å². The summed E-state index contributed by atoms with van der Waals surface area (Å²) in [6.07, 6.45) is 2.46. The van der Waals surface area contributed by atoms with Crippen LogP contribution in [0.3, 0.4) is 0 Å². The fraction of sp³-hybridized carbons (Fsp3) is 0.296. The third-order valence-electron chi connectivity index (χ3n) is 6.68. The Balaban J connectivity index is 1.32. The molecule has 2 heterocycles. The summed E-state index contributed by atoms with van der Waals surface area (Å²) >= 11 is 3.49. The Labute approximate surface area is 214 Å². The van der Waals surface area contributed by atoms with E-state index in [-0.39, 0.29) is 23.5 Å². The number of para-hydroxylation sites is 1. The van der Waals surface area contributed by atoms with E-state index in [1.165, 1.54) is 4.31 Å². The van der Waals surface area contributed by atoms with Gasteiger partial charge in [0.1, 0.15) is 5.75 Å². The zero-order valence-electron chi connectivity index (χ0n) is 19.7. The van der Waals surface area contributed by atoms with Crippen LogP contribution in [0.1, 0.15) is 30.0 Å². The number of anilines is 2. The van der Waals surface area contributed by atoms with E-state index in [0.717, 1.165) is 46.2 Å². The standard InChI is InChI=1S/C27H27BrN2O4S/c1-18-14-23(35(32,33)29-13-5-7-20-6-3-4-8-24(20)29)10-12-26(18)34-17-27(31)30-19(2)15-21-16-22(28)9-11-25(21)30/h3-4,6,8-12,14,16,19H,5,7,13,15,17H2,1-2H3/t19-/m0/s1. The number of ether oxygens (including phenoxy) is 1. The average molecular weight is 555 g/mol. The van der Waals surface area contributed by atoms with E-state index in [9.17, 15) is 13.2 Å². The number of sulfonamides is 1. The first-order valence-electron chi connectivity index (χ1n) is 11.7. The van der Waals surface area contributed by atoms with Crippen LogP contribution in [0.5, 0.6) is 5.75 Å². The number of halogens is 1. The van der Waals surface area contributed by atoms with Gasteiger partial charge in [-0.3, -0.25) is 9.10 Å². The number of hydrogen-bond donors (Lipinski definition) is 0. The van der Waals surface area contributed by atoms with Crippen molar-refractivity contribution >= 4 is 43.2 Å². The molecule has 0 aliphatic carbocycles. The van der Waals surface area contributed by atoms with E-state index in [4.69, 9.17) is 4.74 Å². The van der Waals surface area contributed by atoms with Crippen LogP contribution in [0.25, 0.3) is 0 Å². The third-order valence-corrected chi connectivity index (χ3v) is 8.98. The molecule has 182 valence electrons. The van der Waals surface area contributed by atoms with Crippen LogP contribution in [-0.4, -0.2) is 33.5 Å². The summed E-state index contributed by atoms with van der Waals surface area (Å²) in [4.78, 5) is 15.0. The summed E-state index contributed by atoms with van der Waals surface area (Å²) in [5, 5.41) is 0. The second-order valence-electron chi connectivity index (χ2n) is 9.12. The SMILES string of the molecule is Cc1cc(S(=O)(=O)N2CCCc3ccccc32)ccc1OCC(=O)N1c2ccc(Br)cc2C[C@@H]1C. The second kappa shape index (κ2) is 9.32. The Kier molecular flexibility index (Phi) is 6.36. The Bertz CT molecular complexity index is 1410. The first-order chi connectivity index (χ1) is 16.8. The fourth-order valence-corrected chi connectivity index (χ4v) is 7.04. The van der Waals surface area contributed by atoms with Gasteiger partial charge < -0.3 is 9.64 Å². The zero-order chi connectivity index (χ0) is 24.7. The molecule has 0 saturated carbocycles. The predicted molar refractivity (Wildman–Crippen MR) is 141 cm³/mol. The Morgan fingerprint density at radius 3 is 2.66 bits per heavy atom. The molecule has 1 atom stereocenters. The summed E-state index contributed by atoms with van der Waals surface area (Å²) in [6.45, 7) is 4.16. The minimum atomic E-state index is -3.70. The summed E-state index contributed by atoms with van der Waals surface area (Å²) < 4.78 is 35.2. The molecule has 0 spiro atoms. The first kappa shape index (κ1) is 23.9. The maximum absolute atomic E-state index is 13.5. The van der Waals surface area contributed by atoms with Gasteiger partial charge in [0.2, 0.25) is 0 Å². The van der Waals surface area contributed by atoms with Crippen molar-refractivity contribution < 1.29 is 17.9 Å². The van der Waals surface area contributed by atoms with Crippen LogP contribution in [0.2, 0.25) is 0 Å². The molecule has 0 N–H and O–H groups in total. The third kappa shape index (κ3) is 4.45. The predicted octanol–water partition coefficient (Wildman–Crippen LogP) is 5.26. The Morgan fingerprint density at radius 2 is 1.86 bits per heavy atom.